The Morgan fingerprint density at radius 3 is 2.41 bits per heavy atom. The van der Waals surface area contributed by atoms with Crippen LogP contribution in [-0.2, 0) is 24.3 Å². The lowest BCUT2D eigenvalue weighted by Crippen LogP contribution is -2.47. The minimum absolute atomic E-state index is 0.00974. The Kier molecular flexibility index (Phi) is 8.57. The molecule has 0 amide bonds. The average Bonchev–Trinajstić information content (AvgIpc) is 3.16. The molecule has 9 heteroatoms. The van der Waals surface area contributed by atoms with Gasteiger partial charge >= 0.3 is 5.97 Å². The van der Waals surface area contributed by atoms with Crippen LogP contribution in [0.25, 0.3) is 0 Å². The van der Waals surface area contributed by atoms with E-state index in [1.54, 1.807) is 6.07 Å². The van der Waals surface area contributed by atoms with Crippen LogP contribution in [0.15, 0.2) is 48.5 Å². The summed E-state index contributed by atoms with van der Waals surface area (Å²) in [6, 6.07) is 14.8. The van der Waals surface area contributed by atoms with Crippen LogP contribution in [0.5, 0.6) is 17.5 Å². The van der Waals surface area contributed by atoms with Crippen LogP contribution in [0, 0.1) is 5.92 Å². The molecule has 198 valence electrons. The second-order valence-electron chi connectivity index (χ2n) is 9.53. The molecule has 7 nitrogen and oxygen atoms in total. The van der Waals surface area contributed by atoms with Gasteiger partial charge in [0.1, 0.15) is 12.4 Å². The van der Waals surface area contributed by atoms with Crippen molar-refractivity contribution in [1.82, 2.24) is 9.47 Å². The second-order valence-corrected chi connectivity index (χ2v) is 10.3. The first-order valence-electron chi connectivity index (χ1n) is 12.4. The summed E-state index contributed by atoms with van der Waals surface area (Å²) in [5.41, 5.74) is 3.19. The van der Waals surface area contributed by atoms with E-state index in [0.717, 1.165) is 28.9 Å². The fraction of sp³-hybridized carbons (Fsp3) is 0.393. The molecule has 0 bridgehead atoms. The highest BCUT2D eigenvalue weighted by Gasteiger charge is 2.39. The van der Waals surface area contributed by atoms with Gasteiger partial charge in [0, 0.05) is 30.8 Å². The maximum absolute atomic E-state index is 11.5. The van der Waals surface area contributed by atoms with Gasteiger partial charge in [0.2, 0.25) is 0 Å². The highest BCUT2D eigenvalue weighted by molar-refractivity contribution is 6.42. The first-order chi connectivity index (χ1) is 17.7. The molecule has 0 saturated heterocycles. The minimum atomic E-state index is -0.741. The highest BCUT2D eigenvalue weighted by Crippen LogP contribution is 2.39. The van der Waals surface area contributed by atoms with Gasteiger partial charge in [-0.25, -0.2) is 0 Å². The number of aromatic nitrogens is 1. The fourth-order valence-corrected chi connectivity index (χ4v) is 5.19. The normalized spacial score (nSPS) is 18.0. The van der Waals surface area contributed by atoms with Crippen molar-refractivity contribution in [3.8, 4) is 17.5 Å². The summed E-state index contributed by atoms with van der Waals surface area (Å²) < 4.78 is 7.36. The third kappa shape index (κ3) is 6.17. The Labute approximate surface area is 226 Å². The number of hydrogen-bond acceptors (Lipinski definition) is 5. The van der Waals surface area contributed by atoms with Crippen molar-refractivity contribution < 1.29 is 24.9 Å². The lowest BCUT2D eigenvalue weighted by Gasteiger charge is -2.44. The predicted octanol–water partition coefficient (Wildman–Crippen LogP) is 6.27. The summed E-state index contributed by atoms with van der Waals surface area (Å²) in [5.74, 6) is -0.311. The van der Waals surface area contributed by atoms with E-state index in [1.807, 2.05) is 24.3 Å². The molecule has 1 aliphatic carbocycles. The van der Waals surface area contributed by atoms with E-state index in [1.165, 1.54) is 16.7 Å². The monoisotopic (exact) mass is 546 g/mol. The number of aromatic hydroxyl groups is 2. The van der Waals surface area contributed by atoms with Gasteiger partial charge in [0.25, 0.3) is 0 Å². The number of ether oxygens (including phenoxy) is 1. The lowest BCUT2D eigenvalue weighted by atomic mass is 9.78. The van der Waals surface area contributed by atoms with Crippen molar-refractivity contribution in [2.75, 3.05) is 6.61 Å². The first-order valence-corrected chi connectivity index (χ1v) is 13.2. The third-order valence-electron chi connectivity index (χ3n) is 7.23. The van der Waals surface area contributed by atoms with Gasteiger partial charge < -0.3 is 20.1 Å². The fourth-order valence-electron chi connectivity index (χ4n) is 4.89. The van der Waals surface area contributed by atoms with Crippen molar-refractivity contribution in [3.05, 3.63) is 75.3 Å². The largest absolute Gasteiger partial charge is 0.494 e. The zero-order valence-corrected chi connectivity index (χ0v) is 22.4. The highest BCUT2D eigenvalue weighted by atomic mass is 35.5. The summed E-state index contributed by atoms with van der Waals surface area (Å²) >= 11 is 12.4. The molecule has 1 fully saturated rings. The molecule has 3 N–H and O–H groups in total. The zero-order chi connectivity index (χ0) is 26.7. The number of carboxylic acid groups (broad SMARTS) is 1. The molecular weight excluding hydrogens is 515 g/mol. The number of hydrogen-bond donors (Lipinski definition) is 3. The van der Waals surface area contributed by atoms with Crippen LogP contribution in [0.2, 0.25) is 10.0 Å². The van der Waals surface area contributed by atoms with Crippen molar-refractivity contribution in [3.63, 3.8) is 0 Å². The lowest BCUT2D eigenvalue weighted by molar-refractivity contribution is -0.147. The molecule has 1 heterocycles. The quantitative estimate of drug-likeness (QED) is 0.262. The van der Waals surface area contributed by atoms with Crippen LogP contribution in [0.4, 0.5) is 0 Å². The topological polar surface area (TPSA) is 95.2 Å². The van der Waals surface area contributed by atoms with Crippen molar-refractivity contribution >= 4 is 29.2 Å². The Balaban J connectivity index is 1.50. The van der Waals surface area contributed by atoms with Gasteiger partial charge in [-0.05, 0) is 61.1 Å². The molecule has 1 aliphatic rings. The van der Waals surface area contributed by atoms with Gasteiger partial charge in [0.05, 0.1) is 22.5 Å². The number of aryl methyl sites for hydroxylation is 1. The molecule has 37 heavy (non-hydrogen) atoms. The molecule has 1 atom stereocenters. The number of carbonyl (C=O) groups is 1. The molecule has 3 aromatic rings. The molecule has 0 radical (unpaired) electrons. The van der Waals surface area contributed by atoms with E-state index in [4.69, 9.17) is 27.9 Å². The Morgan fingerprint density at radius 2 is 1.78 bits per heavy atom. The zero-order valence-electron chi connectivity index (χ0n) is 20.9. The Bertz CT molecular complexity index is 1240. The van der Waals surface area contributed by atoms with Gasteiger partial charge in [-0.2, -0.15) is 0 Å². The Morgan fingerprint density at radius 1 is 1.08 bits per heavy atom. The molecule has 4 rings (SSSR count). The van der Waals surface area contributed by atoms with Crippen molar-refractivity contribution in [2.24, 2.45) is 5.92 Å². The minimum Gasteiger partial charge on any atom is -0.494 e. The van der Waals surface area contributed by atoms with E-state index < -0.39 is 5.97 Å². The van der Waals surface area contributed by atoms with Crippen molar-refractivity contribution in [1.29, 1.82) is 0 Å². The molecule has 0 aliphatic heterocycles. The molecule has 0 spiro atoms. The van der Waals surface area contributed by atoms with E-state index >= 15 is 0 Å². The number of carboxylic acids is 1. The summed E-state index contributed by atoms with van der Waals surface area (Å²) in [6.07, 6.45) is 2.00. The third-order valence-corrected chi connectivity index (χ3v) is 7.97. The molecule has 1 aromatic heterocycles. The van der Waals surface area contributed by atoms with E-state index in [9.17, 15) is 20.1 Å². The van der Waals surface area contributed by atoms with Crippen LogP contribution < -0.4 is 4.74 Å². The van der Waals surface area contributed by atoms with Crippen LogP contribution >= 0.6 is 23.2 Å². The van der Waals surface area contributed by atoms with Gasteiger partial charge in [-0.3, -0.25) is 14.3 Å². The number of benzene rings is 2. The number of nitrogens with zero attached hydrogens (tertiary/aromatic N) is 2. The predicted molar refractivity (Wildman–Crippen MR) is 144 cm³/mol. The summed E-state index contributed by atoms with van der Waals surface area (Å²) in [4.78, 5) is 13.8. The first kappa shape index (κ1) is 27.2. The maximum atomic E-state index is 11.5. The SMILES string of the molecule is CCc1cc(CN(C2CC(C(=O)O)C2)C(C)c2ccc(Cl)c(Cl)c2)ccc1OCCn1c(O)ccc1O. The van der Waals surface area contributed by atoms with E-state index in [2.05, 4.69) is 24.8 Å². The van der Waals surface area contributed by atoms with Crippen LogP contribution in [-0.4, -0.2) is 43.4 Å². The summed E-state index contributed by atoms with van der Waals surface area (Å²) in [7, 11) is 0. The average molecular weight is 547 g/mol. The number of aliphatic carboxylic acids is 1. The Hall–Kier alpha value is -2.87. The van der Waals surface area contributed by atoms with Crippen molar-refractivity contribution in [2.45, 2.75) is 58.3 Å². The van der Waals surface area contributed by atoms with Gasteiger partial charge in [-0.1, -0.05) is 48.3 Å². The maximum Gasteiger partial charge on any atom is 0.306 e. The standard InChI is InChI=1S/C28H32Cl2N2O5/c1-3-19-12-18(4-7-25(19)37-11-10-31-26(33)8-9-27(31)34)16-32(22-13-21(14-22)28(35)36)17(2)20-5-6-23(29)24(30)15-20/h4-9,12,15,17,21-22,33-34H,3,10-11,13-14,16H2,1-2H3,(H,35,36). The number of rotatable bonds is 11. The molecule has 1 saturated carbocycles. The van der Waals surface area contributed by atoms with E-state index in [0.29, 0.717) is 42.6 Å². The van der Waals surface area contributed by atoms with Crippen LogP contribution in [0.1, 0.15) is 49.4 Å². The molecular formula is C28H32Cl2N2O5. The van der Waals surface area contributed by atoms with Gasteiger partial charge in [-0.15, -0.1) is 0 Å². The van der Waals surface area contributed by atoms with E-state index in [-0.39, 0.29) is 29.8 Å². The number of halogens is 2. The smallest absolute Gasteiger partial charge is 0.306 e. The summed E-state index contributed by atoms with van der Waals surface area (Å²) in [5, 5.41) is 30.1. The summed E-state index contributed by atoms with van der Waals surface area (Å²) in [6.45, 7) is 5.43. The molecule has 2 aromatic carbocycles. The van der Waals surface area contributed by atoms with Gasteiger partial charge in [0.15, 0.2) is 11.8 Å². The molecule has 1 unspecified atom stereocenters. The van der Waals surface area contributed by atoms with Crippen LogP contribution in [0.3, 0.4) is 0 Å². The second kappa shape index (κ2) is 11.7.